The summed E-state index contributed by atoms with van der Waals surface area (Å²) in [5.74, 6) is -0.0981. The molecule has 0 bridgehead atoms. The van der Waals surface area contributed by atoms with Gasteiger partial charge in [-0.15, -0.1) is 0 Å². The molecular formula is C11H10N4O2S. The molecule has 7 heteroatoms. The molecule has 0 radical (unpaired) electrons. The summed E-state index contributed by atoms with van der Waals surface area (Å²) in [7, 11) is 1.28. The number of ether oxygens (including phenoxy) is 1. The van der Waals surface area contributed by atoms with Crippen LogP contribution in [0.3, 0.4) is 0 Å². The number of hydrogen-bond acceptors (Lipinski definition) is 5. The van der Waals surface area contributed by atoms with Gasteiger partial charge in [-0.3, -0.25) is 9.55 Å². The van der Waals surface area contributed by atoms with E-state index in [2.05, 4.69) is 14.7 Å². The summed E-state index contributed by atoms with van der Waals surface area (Å²) in [6.45, 7) is 0. The fourth-order valence-corrected chi connectivity index (χ4v) is 1.62. The van der Waals surface area contributed by atoms with Gasteiger partial charge in [-0.1, -0.05) is 12.2 Å². The first-order chi connectivity index (χ1) is 8.63. The molecule has 2 N–H and O–H groups in total. The van der Waals surface area contributed by atoms with E-state index in [1.165, 1.54) is 19.5 Å². The van der Waals surface area contributed by atoms with E-state index in [-0.39, 0.29) is 10.7 Å². The summed E-state index contributed by atoms with van der Waals surface area (Å²) in [6, 6.07) is 3.54. The highest BCUT2D eigenvalue weighted by Gasteiger charge is 2.11. The van der Waals surface area contributed by atoms with Crippen molar-refractivity contribution in [2.24, 2.45) is 5.73 Å². The van der Waals surface area contributed by atoms with Crippen molar-refractivity contribution in [3.8, 4) is 5.82 Å². The number of carbonyl (C=O) groups is 1. The molecule has 0 atom stereocenters. The number of esters is 1. The molecule has 18 heavy (non-hydrogen) atoms. The van der Waals surface area contributed by atoms with Crippen molar-refractivity contribution < 1.29 is 9.53 Å². The van der Waals surface area contributed by atoms with Gasteiger partial charge in [-0.2, -0.15) is 0 Å². The van der Waals surface area contributed by atoms with Crippen LogP contribution >= 0.6 is 12.2 Å². The summed E-state index contributed by atoms with van der Waals surface area (Å²) in [5, 5.41) is 0. The third-order valence-electron chi connectivity index (χ3n) is 2.26. The molecule has 0 amide bonds. The van der Waals surface area contributed by atoms with Gasteiger partial charge in [0, 0.05) is 6.20 Å². The molecule has 0 fully saturated rings. The van der Waals surface area contributed by atoms with E-state index in [4.69, 9.17) is 18.0 Å². The Morgan fingerprint density at radius 3 is 2.94 bits per heavy atom. The highest BCUT2D eigenvalue weighted by molar-refractivity contribution is 7.80. The molecule has 92 valence electrons. The van der Waals surface area contributed by atoms with Crippen molar-refractivity contribution in [1.82, 2.24) is 14.5 Å². The number of nitrogens with zero attached hydrogens (tertiary/aromatic N) is 3. The third-order valence-corrected chi connectivity index (χ3v) is 2.47. The average Bonchev–Trinajstić information content (AvgIpc) is 2.87. The second-order valence-corrected chi connectivity index (χ2v) is 3.82. The zero-order chi connectivity index (χ0) is 13.1. The number of thiocarbonyl (C=S) groups is 1. The highest BCUT2D eigenvalue weighted by atomic mass is 32.1. The Kier molecular flexibility index (Phi) is 3.33. The van der Waals surface area contributed by atoms with Crippen molar-refractivity contribution in [2.75, 3.05) is 7.11 Å². The largest absolute Gasteiger partial charge is 0.464 e. The summed E-state index contributed by atoms with van der Waals surface area (Å²) in [4.78, 5) is 19.7. The van der Waals surface area contributed by atoms with Crippen LogP contribution in [0.1, 0.15) is 16.2 Å². The Bertz CT molecular complexity index is 609. The Balaban J connectivity index is 2.48. The predicted octanol–water partition coefficient (Wildman–Crippen LogP) is 0.688. The highest BCUT2D eigenvalue weighted by Crippen LogP contribution is 2.10. The predicted molar refractivity (Wildman–Crippen MR) is 68.6 cm³/mol. The lowest BCUT2D eigenvalue weighted by molar-refractivity contribution is 0.0593. The molecule has 2 aromatic rings. The van der Waals surface area contributed by atoms with E-state index in [0.29, 0.717) is 11.5 Å². The summed E-state index contributed by atoms with van der Waals surface area (Å²) in [5.41, 5.74) is 6.34. The molecule has 0 aliphatic carbocycles. The SMILES string of the molecule is COC(=O)c1cncc(-n2cccc2C(N)=S)n1. The molecule has 0 saturated carbocycles. The fraction of sp³-hybridized carbons (Fsp3) is 0.0909. The van der Waals surface area contributed by atoms with Crippen LogP contribution in [0.15, 0.2) is 30.7 Å². The smallest absolute Gasteiger partial charge is 0.358 e. The van der Waals surface area contributed by atoms with Gasteiger partial charge in [-0.25, -0.2) is 9.78 Å². The van der Waals surface area contributed by atoms with Gasteiger partial charge in [0.1, 0.15) is 4.99 Å². The molecule has 6 nitrogen and oxygen atoms in total. The van der Waals surface area contributed by atoms with Crippen LogP contribution in [0.5, 0.6) is 0 Å². The van der Waals surface area contributed by atoms with Crippen molar-refractivity contribution in [3.63, 3.8) is 0 Å². The summed E-state index contributed by atoms with van der Waals surface area (Å²) in [6.07, 6.45) is 4.58. The quantitative estimate of drug-likeness (QED) is 0.647. The Labute approximate surface area is 108 Å². The van der Waals surface area contributed by atoms with Crippen LogP contribution in [0.2, 0.25) is 0 Å². The maximum Gasteiger partial charge on any atom is 0.358 e. The number of hydrogen-bond donors (Lipinski definition) is 1. The minimum atomic E-state index is -0.548. The van der Waals surface area contributed by atoms with E-state index < -0.39 is 5.97 Å². The Hall–Kier alpha value is -2.28. The van der Waals surface area contributed by atoms with E-state index in [0.717, 1.165) is 0 Å². The topological polar surface area (TPSA) is 83.0 Å². The lowest BCUT2D eigenvalue weighted by Gasteiger charge is -2.07. The maximum absolute atomic E-state index is 11.4. The van der Waals surface area contributed by atoms with Gasteiger partial charge >= 0.3 is 5.97 Å². The molecule has 2 heterocycles. The first-order valence-corrected chi connectivity index (χ1v) is 5.42. The van der Waals surface area contributed by atoms with E-state index in [1.807, 2.05) is 0 Å². The van der Waals surface area contributed by atoms with E-state index in [9.17, 15) is 4.79 Å². The van der Waals surface area contributed by atoms with Gasteiger partial charge in [0.25, 0.3) is 0 Å². The third kappa shape index (κ3) is 2.21. The standard InChI is InChI=1S/C11H10N4O2S/c1-17-11(16)7-5-13-6-9(14-7)15-4-2-3-8(15)10(12)18/h2-6H,1H3,(H2,12,18). The fourth-order valence-electron chi connectivity index (χ4n) is 1.46. The molecule has 0 aliphatic rings. The van der Waals surface area contributed by atoms with E-state index >= 15 is 0 Å². The number of aromatic nitrogens is 3. The number of nitrogens with two attached hydrogens (primary N) is 1. The zero-order valence-electron chi connectivity index (χ0n) is 9.53. The molecule has 0 spiro atoms. The van der Waals surface area contributed by atoms with Crippen LogP contribution < -0.4 is 5.73 Å². The molecular weight excluding hydrogens is 252 g/mol. The van der Waals surface area contributed by atoms with Gasteiger partial charge < -0.3 is 10.5 Å². The first-order valence-electron chi connectivity index (χ1n) is 5.01. The molecule has 0 saturated heterocycles. The second-order valence-electron chi connectivity index (χ2n) is 3.38. The van der Waals surface area contributed by atoms with Crippen molar-refractivity contribution >= 4 is 23.2 Å². The van der Waals surface area contributed by atoms with Gasteiger partial charge in [0.15, 0.2) is 11.5 Å². The van der Waals surface area contributed by atoms with Gasteiger partial charge in [-0.05, 0) is 12.1 Å². The molecule has 0 aromatic carbocycles. The minimum Gasteiger partial charge on any atom is -0.464 e. The van der Waals surface area contributed by atoms with Crippen molar-refractivity contribution in [3.05, 3.63) is 42.1 Å². The first kappa shape index (κ1) is 12.2. The number of methoxy groups -OCH3 is 1. The van der Waals surface area contributed by atoms with Crippen LogP contribution in [0, 0.1) is 0 Å². The summed E-state index contributed by atoms with van der Waals surface area (Å²) < 4.78 is 6.24. The monoisotopic (exact) mass is 262 g/mol. The van der Waals surface area contributed by atoms with Crippen LogP contribution in [0.25, 0.3) is 5.82 Å². The van der Waals surface area contributed by atoms with Gasteiger partial charge in [0.2, 0.25) is 0 Å². The van der Waals surface area contributed by atoms with Gasteiger partial charge in [0.05, 0.1) is 25.2 Å². The molecule has 0 unspecified atom stereocenters. The number of carbonyl (C=O) groups excluding carboxylic acids is 1. The summed E-state index contributed by atoms with van der Waals surface area (Å²) >= 11 is 4.93. The van der Waals surface area contributed by atoms with Crippen molar-refractivity contribution in [2.45, 2.75) is 0 Å². The second kappa shape index (κ2) is 4.92. The molecule has 2 aromatic heterocycles. The minimum absolute atomic E-state index is 0.123. The lowest BCUT2D eigenvalue weighted by atomic mass is 10.4. The van der Waals surface area contributed by atoms with Crippen LogP contribution in [-0.2, 0) is 4.74 Å². The molecule has 0 aliphatic heterocycles. The zero-order valence-corrected chi connectivity index (χ0v) is 10.3. The Morgan fingerprint density at radius 2 is 2.28 bits per heavy atom. The van der Waals surface area contributed by atoms with Crippen LogP contribution in [-0.4, -0.2) is 32.6 Å². The molecule has 2 rings (SSSR count). The number of rotatable bonds is 3. The van der Waals surface area contributed by atoms with Crippen molar-refractivity contribution in [1.29, 1.82) is 0 Å². The van der Waals surface area contributed by atoms with Crippen LogP contribution in [0.4, 0.5) is 0 Å². The average molecular weight is 262 g/mol. The maximum atomic E-state index is 11.4. The normalized spacial score (nSPS) is 10.1. The lowest BCUT2D eigenvalue weighted by Crippen LogP contribution is -2.16. The Morgan fingerprint density at radius 1 is 1.50 bits per heavy atom. The van der Waals surface area contributed by atoms with E-state index in [1.54, 1.807) is 22.9 Å².